The fourth-order valence-electron chi connectivity index (χ4n) is 7.31. The summed E-state index contributed by atoms with van der Waals surface area (Å²) < 4.78 is 9.41. The highest BCUT2D eigenvalue weighted by Crippen LogP contribution is 2.36. The molecule has 6 rings (SSSR count). The Labute approximate surface area is 263 Å². The third-order valence-electron chi connectivity index (χ3n) is 10.0. The number of nitrogens with one attached hydrogen (secondary N) is 1. The number of imide groups is 1. The molecular weight excluding hydrogens is 606 g/mol. The van der Waals surface area contributed by atoms with E-state index in [0.717, 1.165) is 71.8 Å². The summed E-state index contributed by atoms with van der Waals surface area (Å²) >= 11 is 3.62. The van der Waals surface area contributed by atoms with Crippen molar-refractivity contribution in [2.24, 2.45) is 13.0 Å². The van der Waals surface area contributed by atoms with Gasteiger partial charge in [-0.2, -0.15) is 5.10 Å². The first-order chi connectivity index (χ1) is 20.8. The van der Waals surface area contributed by atoms with Crippen LogP contribution in [0.1, 0.15) is 75.5 Å². The quantitative estimate of drug-likeness (QED) is 0.298. The molecule has 2 amide bonds. The third kappa shape index (κ3) is 6.48. The number of rotatable bonds is 8. The third-order valence-corrected chi connectivity index (χ3v) is 10.9. The molecular formula is C34H44BrN5O3. The zero-order valence-corrected chi connectivity index (χ0v) is 27.2. The second-order valence-corrected chi connectivity index (χ2v) is 13.6. The van der Waals surface area contributed by atoms with Crippen molar-refractivity contribution < 1.29 is 14.3 Å². The molecule has 1 aromatic heterocycles. The zero-order chi connectivity index (χ0) is 30.1. The number of aromatic nitrogens is 2. The van der Waals surface area contributed by atoms with Gasteiger partial charge in [-0.1, -0.05) is 34.1 Å². The van der Waals surface area contributed by atoms with Crippen LogP contribution in [0.2, 0.25) is 0 Å². The zero-order valence-electron chi connectivity index (χ0n) is 25.7. The van der Waals surface area contributed by atoms with Crippen LogP contribution in [0.15, 0.2) is 40.9 Å². The number of nitrogens with zero attached hydrogens (tertiary/aromatic N) is 4. The van der Waals surface area contributed by atoms with Gasteiger partial charge < -0.3 is 9.64 Å². The Hall–Kier alpha value is -2.91. The molecule has 2 atom stereocenters. The van der Waals surface area contributed by atoms with Gasteiger partial charge in [0, 0.05) is 61.1 Å². The summed E-state index contributed by atoms with van der Waals surface area (Å²) in [5, 5.41) is 8.29. The molecule has 0 radical (unpaired) electrons. The fourth-order valence-corrected chi connectivity index (χ4v) is 7.65. The fraction of sp³-hybridized carbons (Fsp3) is 0.559. The van der Waals surface area contributed by atoms with Crippen LogP contribution in [0.25, 0.3) is 10.9 Å². The Balaban J connectivity index is 0.998. The smallest absolute Gasteiger partial charge is 0.235 e. The molecule has 3 aromatic rings. The van der Waals surface area contributed by atoms with Gasteiger partial charge in [0.25, 0.3) is 0 Å². The number of hydrogen-bond acceptors (Lipinski definition) is 6. The number of fused-ring (bicyclic) bond motifs is 1. The number of piperidine rings is 1. The Morgan fingerprint density at radius 3 is 2.51 bits per heavy atom. The van der Waals surface area contributed by atoms with Crippen molar-refractivity contribution in [1.82, 2.24) is 20.0 Å². The first-order valence-electron chi connectivity index (χ1n) is 16.0. The van der Waals surface area contributed by atoms with Crippen molar-refractivity contribution in [1.29, 1.82) is 0 Å². The van der Waals surface area contributed by atoms with Crippen LogP contribution in [0, 0.1) is 12.8 Å². The van der Waals surface area contributed by atoms with Gasteiger partial charge in [-0.15, -0.1) is 0 Å². The van der Waals surface area contributed by atoms with E-state index in [4.69, 9.17) is 9.84 Å². The predicted molar refractivity (Wildman–Crippen MR) is 174 cm³/mol. The van der Waals surface area contributed by atoms with E-state index in [2.05, 4.69) is 81.3 Å². The van der Waals surface area contributed by atoms with E-state index in [-0.39, 0.29) is 17.7 Å². The normalized spacial score (nSPS) is 24.3. The summed E-state index contributed by atoms with van der Waals surface area (Å²) in [6.07, 6.45) is 8.55. The minimum Gasteiger partial charge on any atom is -0.490 e. The maximum Gasteiger partial charge on any atom is 0.235 e. The highest BCUT2D eigenvalue weighted by molar-refractivity contribution is 9.10. The van der Waals surface area contributed by atoms with E-state index in [0.29, 0.717) is 25.0 Å². The van der Waals surface area contributed by atoms with Gasteiger partial charge in [0.15, 0.2) is 0 Å². The lowest BCUT2D eigenvalue weighted by Gasteiger charge is -2.40. The van der Waals surface area contributed by atoms with Crippen LogP contribution in [0.4, 0.5) is 5.69 Å². The number of para-hydroxylation sites is 1. The van der Waals surface area contributed by atoms with Crippen LogP contribution in [0.5, 0.6) is 5.75 Å². The SMILES string of the molecule is Cc1c(Br)cccc1OC1CCC(CC[C@H](C)N2CCN(c3cccc4c(C5CCC(=O)NC5=O)nn(C)c34)CC2)CC1. The molecule has 3 fully saturated rings. The van der Waals surface area contributed by atoms with Gasteiger partial charge in [0.1, 0.15) is 5.75 Å². The molecule has 0 bridgehead atoms. The predicted octanol–water partition coefficient (Wildman–Crippen LogP) is 6.09. The van der Waals surface area contributed by atoms with Crippen LogP contribution >= 0.6 is 15.9 Å². The average Bonchev–Trinajstić information content (AvgIpc) is 3.35. The number of ether oxygens (including phenoxy) is 1. The second kappa shape index (κ2) is 13.0. The monoisotopic (exact) mass is 649 g/mol. The lowest BCUT2D eigenvalue weighted by Crippen LogP contribution is -2.49. The van der Waals surface area contributed by atoms with E-state index in [1.165, 1.54) is 36.9 Å². The summed E-state index contributed by atoms with van der Waals surface area (Å²) in [5.74, 6) is 1.00. The molecule has 1 N–H and O–H groups in total. The first kappa shape index (κ1) is 30.1. The van der Waals surface area contributed by atoms with Crippen molar-refractivity contribution in [3.63, 3.8) is 0 Å². The van der Waals surface area contributed by atoms with E-state index >= 15 is 0 Å². The number of halogens is 1. The Bertz CT molecular complexity index is 1470. The number of anilines is 1. The highest BCUT2D eigenvalue weighted by Gasteiger charge is 2.33. The number of hydrogen-bond donors (Lipinski definition) is 1. The molecule has 9 heteroatoms. The molecule has 8 nitrogen and oxygen atoms in total. The molecule has 2 saturated heterocycles. The van der Waals surface area contributed by atoms with Gasteiger partial charge in [-0.25, -0.2) is 0 Å². The summed E-state index contributed by atoms with van der Waals surface area (Å²) in [4.78, 5) is 29.4. The largest absolute Gasteiger partial charge is 0.490 e. The molecule has 230 valence electrons. The minimum atomic E-state index is -0.382. The second-order valence-electron chi connectivity index (χ2n) is 12.8. The molecule has 1 unspecified atom stereocenters. The molecule has 43 heavy (non-hydrogen) atoms. The number of carbonyl (C=O) groups is 2. The molecule has 3 aliphatic rings. The Morgan fingerprint density at radius 2 is 1.77 bits per heavy atom. The maximum absolute atomic E-state index is 12.6. The van der Waals surface area contributed by atoms with Crippen LogP contribution in [0.3, 0.4) is 0 Å². The summed E-state index contributed by atoms with van der Waals surface area (Å²) in [6.45, 7) is 8.55. The maximum atomic E-state index is 12.6. The molecule has 2 aromatic carbocycles. The van der Waals surface area contributed by atoms with Gasteiger partial charge >= 0.3 is 0 Å². The Morgan fingerprint density at radius 1 is 1.02 bits per heavy atom. The van der Waals surface area contributed by atoms with Gasteiger partial charge in [0.2, 0.25) is 11.8 Å². The number of benzene rings is 2. The number of aryl methyl sites for hydroxylation is 1. The Kier molecular flexibility index (Phi) is 9.10. The lowest BCUT2D eigenvalue weighted by molar-refractivity contribution is -0.134. The average molecular weight is 651 g/mol. The van der Waals surface area contributed by atoms with Crippen molar-refractivity contribution in [3.8, 4) is 5.75 Å². The molecule has 1 saturated carbocycles. The summed E-state index contributed by atoms with van der Waals surface area (Å²) in [7, 11) is 1.96. The van der Waals surface area contributed by atoms with Crippen LogP contribution in [-0.2, 0) is 16.6 Å². The van der Waals surface area contributed by atoms with E-state index < -0.39 is 0 Å². The number of piperazine rings is 1. The first-order valence-corrected chi connectivity index (χ1v) is 16.8. The van der Waals surface area contributed by atoms with Crippen LogP contribution in [-0.4, -0.2) is 64.8 Å². The highest BCUT2D eigenvalue weighted by atomic mass is 79.9. The molecule has 1 aliphatic carbocycles. The summed E-state index contributed by atoms with van der Waals surface area (Å²) in [5.41, 5.74) is 4.21. The summed E-state index contributed by atoms with van der Waals surface area (Å²) in [6, 6.07) is 13.1. The number of amides is 2. The van der Waals surface area contributed by atoms with Crippen molar-refractivity contribution >= 4 is 44.3 Å². The van der Waals surface area contributed by atoms with Gasteiger partial charge in [-0.05, 0) is 82.9 Å². The van der Waals surface area contributed by atoms with Crippen molar-refractivity contribution in [2.45, 2.75) is 83.3 Å². The minimum absolute atomic E-state index is 0.196. The molecule has 0 spiro atoms. The van der Waals surface area contributed by atoms with E-state index in [1.54, 1.807) is 0 Å². The lowest BCUT2D eigenvalue weighted by atomic mass is 9.83. The molecule has 2 aliphatic heterocycles. The van der Waals surface area contributed by atoms with Gasteiger partial charge in [-0.3, -0.25) is 24.5 Å². The molecule has 3 heterocycles. The van der Waals surface area contributed by atoms with E-state index in [1.807, 2.05) is 11.7 Å². The van der Waals surface area contributed by atoms with Crippen molar-refractivity contribution in [3.05, 3.63) is 52.1 Å². The van der Waals surface area contributed by atoms with E-state index in [9.17, 15) is 9.59 Å². The van der Waals surface area contributed by atoms with Crippen molar-refractivity contribution in [2.75, 3.05) is 31.1 Å². The van der Waals surface area contributed by atoms with Crippen LogP contribution < -0.4 is 15.0 Å². The number of carbonyl (C=O) groups excluding carboxylic acids is 2. The van der Waals surface area contributed by atoms with Gasteiger partial charge in [0.05, 0.1) is 28.9 Å². The topological polar surface area (TPSA) is 79.7 Å². The standard InChI is InChI=1S/C34H44BrN5O3/c1-22(10-11-24-12-14-25(15-13-24)43-30-9-5-7-28(35)23(30)2)39-18-20-40(21-19-39)29-8-4-6-26-32(37-38(3)33(26)29)27-16-17-31(41)36-34(27)42/h4-9,22,24-25,27H,10-21H2,1-3H3,(H,36,41,42)/t22-,24?,25?,27?/m0/s1.